The van der Waals surface area contributed by atoms with Gasteiger partial charge in [0.2, 0.25) is 11.8 Å². The van der Waals surface area contributed by atoms with E-state index in [-0.39, 0.29) is 29.8 Å². The first kappa shape index (κ1) is 38.3. The van der Waals surface area contributed by atoms with Gasteiger partial charge in [0.05, 0.1) is 36.8 Å². The number of hydrogen-bond acceptors (Lipinski definition) is 7. The SMILES string of the molecule is COC(=O)N[C@H](C(=O)N1CCC[C@H]1c1nc2c([nH]1)CCc1cc(-c3ccc4cc(-c5cnc([C@@H]6CCCN6C(=O)[C@H](N)c6ccccc6)[nH]5)ccc4c3)ccc1-2)C(C)C. The van der Waals surface area contributed by atoms with E-state index in [2.05, 4.69) is 69.9 Å². The topological polar surface area (TPSA) is 162 Å². The highest BCUT2D eigenvalue weighted by Gasteiger charge is 2.39. The first-order chi connectivity index (χ1) is 28.7. The summed E-state index contributed by atoms with van der Waals surface area (Å²) in [5.41, 5.74) is 15.9. The Labute approximate surface area is 343 Å². The van der Waals surface area contributed by atoms with Crippen LogP contribution in [0, 0.1) is 5.92 Å². The minimum Gasteiger partial charge on any atom is -0.453 e. The van der Waals surface area contributed by atoms with Gasteiger partial charge in [-0.3, -0.25) is 9.59 Å². The van der Waals surface area contributed by atoms with Crippen LogP contribution >= 0.6 is 0 Å². The van der Waals surface area contributed by atoms with Gasteiger partial charge in [0.1, 0.15) is 23.7 Å². The summed E-state index contributed by atoms with van der Waals surface area (Å²) in [6, 6.07) is 27.5. The third-order valence-corrected chi connectivity index (χ3v) is 12.4. The molecule has 0 saturated carbocycles. The van der Waals surface area contributed by atoms with Crippen LogP contribution in [0.3, 0.4) is 0 Å². The van der Waals surface area contributed by atoms with E-state index in [1.165, 1.54) is 12.7 Å². The average molecular weight is 791 g/mol. The van der Waals surface area contributed by atoms with Crippen molar-refractivity contribution in [3.8, 4) is 33.6 Å². The molecule has 5 N–H and O–H groups in total. The molecule has 302 valence electrons. The number of aromatic amines is 2. The predicted octanol–water partition coefficient (Wildman–Crippen LogP) is 7.79. The highest BCUT2D eigenvalue weighted by atomic mass is 16.5. The summed E-state index contributed by atoms with van der Waals surface area (Å²) in [7, 11) is 1.31. The molecule has 3 amide bonds. The zero-order valence-corrected chi connectivity index (χ0v) is 33.7. The minimum absolute atomic E-state index is 0.0778. The molecular weight excluding hydrogens is 741 g/mol. The monoisotopic (exact) mass is 790 g/mol. The van der Waals surface area contributed by atoms with Crippen LogP contribution in [0.4, 0.5) is 4.79 Å². The van der Waals surface area contributed by atoms with E-state index in [1.54, 1.807) is 0 Å². The van der Waals surface area contributed by atoms with Crippen molar-refractivity contribution >= 4 is 28.7 Å². The van der Waals surface area contributed by atoms with Crippen LogP contribution in [0.1, 0.15) is 86.1 Å². The fraction of sp³-hybridized carbons (Fsp3) is 0.340. The maximum Gasteiger partial charge on any atom is 0.407 e. The maximum atomic E-state index is 13.7. The normalized spacial score (nSPS) is 18.5. The van der Waals surface area contributed by atoms with E-state index >= 15 is 0 Å². The van der Waals surface area contributed by atoms with Crippen molar-refractivity contribution in [2.75, 3.05) is 20.2 Å². The molecule has 4 heterocycles. The maximum absolute atomic E-state index is 13.7. The fourth-order valence-corrected chi connectivity index (χ4v) is 9.20. The molecule has 4 atom stereocenters. The Bertz CT molecular complexity index is 2540. The Balaban J connectivity index is 0.907. The van der Waals surface area contributed by atoms with Crippen LogP contribution in [0.15, 0.2) is 91.1 Å². The number of alkyl carbamates (subject to hydrolysis) is 1. The Morgan fingerprint density at radius 1 is 0.797 bits per heavy atom. The van der Waals surface area contributed by atoms with Crippen molar-refractivity contribution in [1.82, 2.24) is 35.1 Å². The zero-order valence-electron chi connectivity index (χ0n) is 33.7. The molecule has 2 aliphatic heterocycles. The molecule has 12 heteroatoms. The molecule has 0 radical (unpaired) electrons. The number of rotatable bonds is 9. The van der Waals surface area contributed by atoms with Crippen molar-refractivity contribution in [3.63, 3.8) is 0 Å². The lowest BCUT2D eigenvalue weighted by Gasteiger charge is -2.30. The van der Waals surface area contributed by atoms with E-state index in [1.807, 2.05) is 60.2 Å². The second kappa shape index (κ2) is 15.8. The van der Waals surface area contributed by atoms with Crippen LogP contribution < -0.4 is 11.1 Å². The highest BCUT2D eigenvalue weighted by molar-refractivity contribution is 5.91. The number of carbonyl (C=O) groups excluding carboxylic acids is 3. The fourth-order valence-electron chi connectivity index (χ4n) is 9.20. The number of likely N-dealkylation sites (tertiary alicyclic amines) is 2. The molecule has 0 unspecified atom stereocenters. The molecule has 9 rings (SSSR count). The summed E-state index contributed by atoms with van der Waals surface area (Å²) in [4.78, 5) is 60.0. The van der Waals surface area contributed by atoms with Gasteiger partial charge in [0, 0.05) is 29.9 Å². The number of nitrogens with two attached hydrogens (primary N) is 1. The van der Waals surface area contributed by atoms with Gasteiger partial charge in [-0.2, -0.15) is 0 Å². The lowest BCUT2D eigenvalue weighted by atomic mass is 9.89. The standard InChI is InChI=1S/C47H50N8O4/c1-27(2)41(53-47(58)59-3)46(57)55-22-8-12-39(55)44-50-36-20-18-33-24-32(17-19-35(33)42(36)52-44)29-13-14-31-25-34(16-15-30(31)23-29)37-26-49-43(51-37)38-11-7-21-54(38)45(56)40(48)28-9-5-4-6-10-28/h4-6,9-10,13-17,19,23-27,38-41H,7-8,11-12,18,20-22,48H2,1-3H3,(H,49,51)(H,50,52)(H,53,58)/t38-,39-,40+,41-/m0/s1. The number of fused-ring (bicyclic) bond motifs is 4. The third-order valence-electron chi connectivity index (χ3n) is 12.4. The summed E-state index contributed by atoms with van der Waals surface area (Å²) in [6.07, 6.45) is 6.41. The number of carbonyl (C=O) groups is 3. The second-order valence-corrected chi connectivity index (χ2v) is 16.4. The van der Waals surface area contributed by atoms with Crippen molar-refractivity contribution in [2.45, 2.75) is 76.5 Å². The number of methoxy groups -OCH3 is 1. The number of H-pyrrole nitrogens is 2. The second-order valence-electron chi connectivity index (χ2n) is 16.4. The van der Waals surface area contributed by atoms with Crippen molar-refractivity contribution in [3.05, 3.63) is 120 Å². The minimum atomic E-state index is -0.702. The number of nitrogens with one attached hydrogen (secondary N) is 3. The Morgan fingerprint density at radius 3 is 2.19 bits per heavy atom. The lowest BCUT2D eigenvalue weighted by Crippen LogP contribution is -2.51. The quantitative estimate of drug-likeness (QED) is 0.116. The Kier molecular flexibility index (Phi) is 10.3. The van der Waals surface area contributed by atoms with Gasteiger partial charge in [0.15, 0.2) is 0 Å². The van der Waals surface area contributed by atoms with Crippen LogP contribution in [0.2, 0.25) is 0 Å². The number of aromatic nitrogens is 4. The van der Waals surface area contributed by atoms with Gasteiger partial charge in [-0.25, -0.2) is 14.8 Å². The van der Waals surface area contributed by atoms with Gasteiger partial charge in [-0.15, -0.1) is 0 Å². The van der Waals surface area contributed by atoms with Crippen LogP contribution in [0.5, 0.6) is 0 Å². The molecule has 6 aromatic rings. The zero-order chi connectivity index (χ0) is 40.8. The summed E-state index contributed by atoms with van der Waals surface area (Å²) in [5, 5.41) is 5.00. The molecule has 2 saturated heterocycles. The first-order valence-electron chi connectivity index (χ1n) is 20.7. The number of benzene rings is 4. The highest BCUT2D eigenvalue weighted by Crippen LogP contribution is 2.40. The van der Waals surface area contributed by atoms with E-state index in [0.717, 1.165) is 106 Å². The van der Waals surface area contributed by atoms with Crippen molar-refractivity contribution in [1.29, 1.82) is 0 Å². The smallest absolute Gasteiger partial charge is 0.407 e. The number of hydrogen-bond donors (Lipinski definition) is 4. The van der Waals surface area contributed by atoms with Crippen molar-refractivity contribution < 1.29 is 19.1 Å². The number of ether oxygens (including phenoxy) is 1. The van der Waals surface area contributed by atoms with E-state index in [0.29, 0.717) is 13.1 Å². The van der Waals surface area contributed by atoms with E-state index in [4.69, 9.17) is 20.4 Å². The summed E-state index contributed by atoms with van der Waals surface area (Å²) < 4.78 is 4.80. The molecule has 1 aliphatic carbocycles. The molecule has 2 aromatic heterocycles. The largest absolute Gasteiger partial charge is 0.453 e. The van der Waals surface area contributed by atoms with Crippen molar-refractivity contribution in [2.24, 2.45) is 11.7 Å². The number of nitrogens with zero attached hydrogens (tertiary/aromatic N) is 4. The van der Waals surface area contributed by atoms with Gasteiger partial charge < -0.3 is 35.6 Å². The molecule has 3 aliphatic rings. The Morgan fingerprint density at radius 2 is 1.46 bits per heavy atom. The summed E-state index contributed by atoms with van der Waals surface area (Å²) >= 11 is 0. The molecule has 4 aromatic carbocycles. The van der Waals surface area contributed by atoms with Crippen LogP contribution in [-0.4, -0.2) is 73.9 Å². The molecule has 59 heavy (non-hydrogen) atoms. The first-order valence-corrected chi connectivity index (χ1v) is 20.7. The third kappa shape index (κ3) is 7.26. The molecule has 0 bridgehead atoms. The van der Waals surface area contributed by atoms with Gasteiger partial charge in [0.25, 0.3) is 0 Å². The molecule has 2 fully saturated rings. The summed E-state index contributed by atoms with van der Waals surface area (Å²) in [5.74, 6) is 1.31. The summed E-state index contributed by atoms with van der Waals surface area (Å²) in [6.45, 7) is 5.13. The lowest BCUT2D eigenvalue weighted by molar-refractivity contribution is -0.135. The van der Waals surface area contributed by atoms with Crippen LogP contribution in [-0.2, 0) is 27.2 Å². The van der Waals surface area contributed by atoms with E-state index < -0.39 is 18.2 Å². The molecular formula is C47H50N8O4. The number of amides is 3. The Hall–Kier alpha value is -6.27. The predicted molar refractivity (Wildman–Crippen MR) is 227 cm³/mol. The molecule has 0 spiro atoms. The molecule has 12 nitrogen and oxygen atoms in total. The van der Waals surface area contributed by atoms with Gasteiger partial charge in [-0.1, -0.05) is 86.6 Å². The van der Waals surface area contributed by atoms with Gasteiger partial charge >= 0.3 is 6.09 Å². The van der Waals surface area contributed by atoms with Crippen LogP contribution in [0.25, 0.3) is 44.4 Å². The number of imidazole rings is 2. The van der Waals surface area contributed by atoms with E-state index in [9.17, 15) is 14.4 Å². The number of aryl methyl sites for hydroxylation is 2. The van der Waals surface area contributed by atoms with Gasteiger partial charge in [-0.05, 0) is 89.6 Å². The average Bonchev–Trinajstić information content (AvgIpc) is 4.11.